The summed E-state index contributed by atoms with van der Waals surface area (Å²) in [5, 5.41) is 8.99. The predicted octanol–water partition coefficient (Wildman–Crippen LogP) is 0.591. The van der Waals surface area contributed by atoms with Gasteiger partial charge in [0.15, 0.2) is 0 Å². The number of phenols is 1. The van der Waals surface area contributed by atoms with Crippen molar-refractivity contribution in [1.29, 1.82) is 0 Å². The third-order valence-electron chi connectivity index (χ3n) is 1.40. The highest BCUT2D eigenvalue weighted by Crippen LogP contribution is 2.14. The summed E-state index contributed by atoms with van der Waals surface area (Å²) in [6.45, 7) is 0. The van der Waals surface area contributed by atoms with Gasteiger partial charge in [0.2, 0.25) is 0 Å². The Morgan fingerprint density at radius 1 is 1.55 bits per heavy atom. The van der Waals surface area contributed by atoms with Crippen LogP contribution < -0.4 is 5.73 Å². The molecule has 58 valence electrons. The summed E-state index contributed by atoms with van der Waals surface area (Å²) in [5.41, 5.74) is 6.01. The molecule has 0 aliphatic heterocycles. The monoisotopic (exact) mass is 151 g/mol. The number of aromatic hydroxyl groups is 1. The van der Waals surface area contributed by atoms with Crippen LogP contribution in [0.1, 0.15) is 11.6 Å². The summed E-state index contributed by atoms with van der Waals surface area (Å²) in [6.07, 6.45) is 0.634. The first-order valence-electron chi connectivity index (χ1n) is 3.24. The number of nitrogens with two attached hydrogens (primary N) is 1. The van der Waals surface area contributed by atoms with Gasteiger partial charge in [-0.25, -0.2) is 0 Å². The predicted molar refractivity (Wildman–Crippen MR) is 41.1 cm³/mol. The fourth-order valence-electron chi connectivity index (χ4n) is 0.811. The standard InChI is InChI=1S/C8H9NO2/c9-8(5-10)6-2-1-3-7(11)4-6/h1-5,8,11H,9H2/t8-/m1/s1. The molecule has 1 atom stereocenters. The van der Waals surface area contributed by atoms with Gasteiger partial charge in [-0.15, -0.1) is 0 Å². The van der Waals surface area contributed by atoms with Gasteiger partial charge in [-0.2, -0.15) is 0 Å². The van der Waals surface area contributed by atoms with Crippen molar-refractivity contribution in [3.05, 3.63) is 29.8 Å². The number of benzene rings is 1. The third-order valence-corrected chi connectivity index (χ3v) is 1.40. The molecule has 3 heteroatoms. The Bertz CT molecular complexity index is 260. The van der Waals surface area contributed by atoms with Crippen LogP contribution in [0.2, 0.25) is 0 Å². The van der Waals surface area contributed by atoms with Crippen molar-refractivity contribution in [2.24, 2.45) is 5.73 Å². The Labute approximate surface area is 64.5 Å². The first kappa shape index (κ1) is 7.75. The van der Waals surface area contributed by atoms with E-state index < -0.39 is 6.04 Å². The van der Waals surface area contributed by atoms with Gasteiger partial charge in [0.25, 0.3) is 0 Å². The van der Waals surface area contributed by atoms with Crippen molar-refractivity contribution < 1.29 is 9.90 Å². The van der Waals surface area contributed by atoms with Crippen molar-refractivity contribution in [3.8, 4) is 5.75 Å². The molecule has 0 aliphatic rings. The van der Waals surface area contributed by atoms with Gasteiger partial charge < -0.3 is 15.6 Å². The Hall–Kier alpha value is -1.35. The highest BCUT2D eigenvalue weighted by molar-refractivity contribution is 5.61. The topological polar surface area (TPSA) is 63.3 Å². The van der Waals surface area contributed by atoms with E-state index in [0.29, 0.717) is 11.8 Å². The minimum atomic E-state index is -0.637. The lowest BCUT2D eigenvalue weighted by atomic mass is 10.1. The number of rotatable bonds is 2. The average Bonchev–Trinajstić information content (AvgIpc) is 2.03. The molecule has 0 spiro atoms. The van der Waals surface area contributed by atoms with Crippen molar-refractivity contribution in [2.45, 2.75) is 6.04 Å². The molecule has 0 radical (unpaired) electrons. The normalized spacial score (nSPS) is 12.5. The summed E-state index contributed by atoms with van der Waals surface area (Å²) < 4.78 is 0. The van der Waals surface area contributed by atoms with Gasteiger partial charge in [0, 0.05) is 0 Å². The van der Waals surface area contributed by atoms with Gasteiger partial charge in [0.05, 0.1) is 6.04 Å². The molecule has 0 aliphatic carbocycles. The third kappa shape index (κ3) is 1.78. The second-order valence-corrected chi connectivity index (χ2v) is 2.26. The Balaban J connectivity index is 2.95. The fraction of sp³-hybridized carbons (Fsp3) is 0.125. The molecule has 0 fully saturated rings. The van der Waals surface area contributed by atoms with Crippen LogP contribution in [-0.4, -0.2) is 11.4 Å². The molecule has 0 aromatic heterocycles. The molecule has 0 bridgehead atoms. The largest absolute Gasteiger partial charge is 0.508 e. The Morgan fingerprint density at radius 3 is 2.82 bits per heavy atom. The van der Waals surface area contributed by atoms with Crippen LogP contribution in [0.25, 0.3) is 0 Å². The molecule has 1 aromatic rings. The van der Waals surface area contributed by atoms with E-state index in [1.807, 2.05) is 0 Å². The summed E-state index contributed by atoms with van der Waals surface area (Å²) in [7, 11) is 0. The van der Waals surface area contributed by atoms with Crippen LogP contribution in [0, 0.1) is 0 Å². The van der Waals surface area contributed by atoms with E-state index >= 15 is 0 Å². The maximum Gasteiger partial charge on any atom is 0.141 e. The summed E-state index contributed by atoms with van der Waals surface area (Å²) in [6, 6.07) is 5.70. The lowest BCUT2D eigenvalue weighted by Gasteiger charge is -2.02. The number of hydrogen-bond donors (Lipinski definition) is 2. The maximum atomic E-state index is 10.2. The molecular weight excluding hydrogens is 142 g/mol. The van der Waals surface area contributed by atoms with E-state index in [4.69, 9.17) is 10.8 Å². The van der Waals surface area contributed by atoms with Crippen LogP contribution in [0.4, 0.5) is 0 Å². The van der Waals surface area contributed by atoms with Gasteiger partial charge >= 0.3 is 0 Å². The van der Waals surface area contributed by atoms with Gasteiger partial charge in [-0.05, 0) is 17.7 Å². The Kier molecular flexibility index (Phi) is 2.23. The highest BCUT2D eigenvalue weighted by Gasteiger charge is 2.02. The highest BCUT2D eigenvalue weighted by atomic mass is 16.3. The van der Waals surface area contributed by atoms with Crippen molar-refractivity contribution in [3.63, 3.8) is 0 Å². The zero-order chi connectivity index (χ0) is 8.27. The lowest BCUT2D eigenvalue weighted by molar-refractivity contribution is -0.109. The van der Waals surface area contributed by atoms with Crippen molar-refractivity contribution >= 4 is 6.29 Å². The van der Waals surface area contributed by atoms with Crippen LogP contribution in [0.5, 0.6) is 5.75 Å². The fourth-order valence-corrected chi connectivity index (χ4v) is 0.811. The number of carbonyl (C=O) groups is 1. The van der Waals surface area contributed by atoms with Crippen LogP contribution in [-0.2, 0) is 4.79 Å². The number of hydrogen-bond acceptors (Lipinski definition) is 3. The minimum absolute atomic E-state index is 0.125. The van der Waals surface area contributed by atoms with E-state index in [-0.39, 0.29) is 5.75 Å². The average molecular weight is 151 g/mol. The molecule has 0 saturated carbocycles. The molecule has 0 heterocycles. The van der Waals surface area contributed by atoms with E-state index in [1.54, 1.807) is 12.1 Å². The van der Waals surface area contributed by atoms with Crippen LogP contribution >= 0.6 is 0 Å². The molecule has 0 amide bonds. The maximum absolute atomic E-state index is 10.2. The molecular formula is C8H9NO2. The molecule has 3 nitrogen and oxygen atoms in total. The van der Waals surface area contributed by atoms with Crippen molar-refractivity contribution in [2.75, 3.05) is 0 Å². The second-order valence-electron chi connectivity index (χ2n) is 2.26. The van der Waals surface area contributed by atoms with Crippen LogP contribution in [0.15, 0.2) is 24.3 Å². The van der Waals surface area contributed by atoms with Gasteiger partial charge in [-0.1, -0.05) is 12.1 Å². The van der Waals surface area contributed by atoms with E-state index in [0.717, 1.165) is 0 Å². The molecule has 11 heavy (non-hydrogen) atoms. The summed E-state index contributed by atoms with van der Waals surface area (Å²) in [5.74, 6) is 0.125. The zero-order valence-corrected chi connectivity index (χ0v) is 5.90. The van der Waals surface area contributed by atoms with E-state index in [9.17, 15) is 4.79 Å². The Morgan fingerprint density at radius 2 is 2.27 bits per heavy atom. The number of aldehydes is 1. The van der Waals surface area contributed by atoms with E-state index in [1.165, 1.54) is 12.1 Å². The zero-order valence-electron chi connectivity index (χ0n) is 5.90. The SMILES string of the molecule is N[C@H](C=O)c1cccc(O)c1. The van der Waals surface area contributed by atoms with E-state index in [2.05, 4.69) is 0 Å². The number of phenolic OH excluding ortho intramolecular Hbond substituents is 1. The quantitative estimate of drug-likeness (QED) is 0.608. The molecule has 0 saturated heterocycles. The smallest absolute Gasteiger partial charge is 0.141 e. The second kappa shape index (κ2) is 3.16. The molecule has 1 aromatic carbocycles. The summed E-state index contributed by atoms with van der Waals surface area (Å²) in [4.78, 5) is 10.2. The summed E-state index contributed by atoms with van der Waals surface area (Å²) >= 11 is 0. The van der Waals surface area contributed by atoms with Crippen LogP contribution in [0.3, 0.4) is 0 Å². The minimum Gasteiger partial charge on any atom is -0.508 e. The van der Waals surface area contributed by atoms with Crippen molar-refractivity contribution in [1.82, 2.24) is 0 Å². The van der Waals surface area contributed by atoms with Gasteiger partial charge in [-0.3, -0.25) is 0 Å². The first-order valence-corrected chi connectivity index (χ1v) is 3.24. The number of carbonyl (C=O) groups excluding carboxylic acids is 1. The first-order chi connectivity index (χ1) is 5.24. The molecule has 0 unspecified atom stereocenters. The van der Waals surface area contributed by atoms with Gasteiger partial charge in [0.1, 0.15) is 12.0 Å². The molecule has 3 N–H and O–H groups in total. The lowest BCUT2D eigenvalue weighted by Crippen LogP contribution is -2.10. The molecule has 1 rings (SSSR count).